The number of carboxylic acids is 1. The lowest BCUT2D eigenvalue weighted by Gasteiger charge is -2.42. The maximum Gasteiger partial charge on any atom is 0.306 e. The summed E-state index contributed by atoms with van der Waals surface area (Å²) < 4.78 is 0. The van der Waals surface area contributed by atoms with E-state index in [0.717, 1.165) is 19.4 Å². The van der Waals surface area contributed by atoms with Crippen molar-refractivity contribution in [1.29, 1.82) is 0 Å². The van der Waals surface area contributed by atoms with E-state index < -0.39 is 11.4 Å². The number of carboxylic acid groups (broad SMARTS) is 1. The molecule has 0 aromatic heterocycles. The van der Waals surface area contributed by atoms with Crippen LogP contribution in [0, 0.1) is 11.3 Å². The van der Waals surface area contributed by atoms with Crippen LogP contribution in [0.15, 0.2) is 0 Å². The first kappa shape index (κ1) is 13.3. The minimum absolute atomic E-state index is 0.00195. The van der Waals surface area contributed by atoms with Crippen LogP contribution in [-0.4, -0.2) is 35.6 Å². The molecule has 5 nitrogen and oxygen atoms in total. The number of aliphatic carboxylic acids is 1. The Morgan fingerprint density at radius 2 is 2.06 bits per heavy atom. The molecule has 0 radical (unpaired) electrons. The fourth-order valence-electron chi connectivity index (χ4n) is 2.98. The molecule has 1 atom stereocenters. The van der Waals surface area contributed by atoms with E-state index in [-0.39, 0.29) is 17.4 Å². The third-order valence-electron chi connectivity index (χ3n) is 4.39. The highest BCUT2D eigenvalue weighted by Gasteiger charge is 2.49. The molecule has 1 amide bonds. The first-order valence-electron chi connectivity index (χ1n) is 6.61. The SMILES string of the molecule is CC1(CNC(=O)C2(C)CC(C(=O)O)C2)CCCN1. The van der Waals surface area contributed by atoms with Gasteiger partial charge in [0.1, 0.15) is 0 Å². The normalized spacial score (nSPS) is 39.1. The van der Waals surface area contributed by atoms with Crippen molar-refractivity contribution in [2.24, 2.45) is 11.3 Å². The number of amides is 1. The van der Waals surface area contributed by atoms with Crippen molar-refractivity contribution < 1.29 is 14.7 Å². The van der Waals surface area contributed by atoms with Crippen molar-refractivity contribution in [1.82, 2.24) is 10.6 Å². The molecule has 18 heavy (non-hydrogen) atoms. The summed E-state index contributed by atoms with van der Waals surface area (Å²) in [6, 6.07) is 0. The van der Waals surface area contributed by atoms with Crippen LogP contribution in [0.1, 0.15) is 39.5 Å². The van der Waals surface area contributed by atoms with Crippen LogP contribution in [-0.2, 0) is 9.59 Å². The molecule has 1 aliphatic carbocycles. The Morgan fingerprint density at radius 3 is 2.56 bits per heavy atom. The van der Waals surface area contributed by atoms with Gasteiger partial charge in [0.05, 0.1) is 5.92 Å². The lowest BCUT2D eigenvalue weighted by molar-refractivity contribution is -0.154. The molecule has 2 aliphatic rings. The van der Waals surface area contributed by atoms with Crippen molar-refractivity contribution in [2.45, 2.75) is 45.1 Å². The average Bonchev–Trinajstić information content (AvgIpc) is 2.69. The highest BCUT2D eigenvalue weighted by atomic mass is 16.4. The van der Waals surface area contributed by atoms with E-state index in [0.29, 0.717) is 19.4 Å². The molecule has 1 heterocycles. The van der Waals surface area contributed by atoms with Gasteiger partial charge in [0, 0.05) is 17.5 Å². The molecule has 0 aromatic rings. The van der Waals surface area contributed by atoms with Gasteiger partial charge >= 0.3 is 5.97 Å². The van der Waals surface area contributed by atoms with Gasteiger partial charge in [-0.1, -0.05) is 6.92 Å². The Bertz CT molecular complexity index is 355. The topological polar surface area (TPSA) is 78.4 Å². The maximum atomic E-state index is 12.1. The van der Waals surface area contributed by atoms with Gasteiger partial charge in [-0.15, -0.1) is 0 Å². The summed E-state index contributed by atoms with van der Waals surface area (Å²) in [5.41, 5.74) is -0.486. The Morgan fingerprint density at radius 1 is 1.39 bits per heavy atom. The molecule has 2 rings (SSSR count). The van der Waals surface area contributed by atoms with Crippen molar-refractivity contribution in [3.05, 3.63) is 0 Å². The molecule has 1 saturated heterocycles. The van der Waals surface area contributed by atoms with Gasteiger partial charge in [0.15, 0.2) is 0 Å². The van der Waals surface area contributed by atoms with E-state index in [1.807, 2.05) is 6.92 Å². The summed E-state index contributed by atoms with van der Waals surface area (Å²) in [5.74, 6) is -1.14. The second-order valence-corrected chi connectivity index (χ2v) is 6.28. The second-order valence-electron chi connectivity index (χ2n) is 6.28. The molecule has 1 unspecified atom stereocenters. The Hall–Kier alpha value is -1.10. The molecule has 3 N–H and O–H groups in total. The second kappa shape index (κ2) is 4.53. The van der Waals surface area contributed by atoms with Crippen LogP contribution in [0.3, 0.4) is 0 Å². The largest absolute Gasteiger partial charge is 0.481 e. The smallest absolute Gasteiger partial charge is 0.306 e. The number of hydrogen-bond acceptors (Lipinski definition) is 3. The summed E-state index contributed by atoms with van der Waals surface area (Å²) in [5, 5.41) is 15.2. The molecular formula is C13H22N2O3. The zero-order valence-corrected chi connectivity index (χ0v) is 11.1. The van der Waals surface area contributed by atoms with Crippen LogP contribution in [0.5, 0.6) is 0 Å². The molecule has 0 spiro atoms. The van der Waals surface area contributed by atoms with Gasteiger partial charge < -0.3 is 15.7 Å². The lowest BCUT2D eigenvalue weighted by Crippen LogP contribution is -2.54. The van der Waals surface area contributed by atoms with Crippen LogP contribution >= 0.6 is 0 Å². The van der Waals surface area contributed by atoms with E-state index in [4.69, 9.17) is 5.11 Å². The third kappa shape index (κ3) is 2.51. The van der Waals surface area contributed by atoms with E-state index in [9.17, 15) is 9.59 Å². The molecule has 0 bridgehead atoms. The van der Waals surface area contributed by atoms with Crippen LogP contribution in [0.25, 0.3) is 0 Å². The molecule has 0 aromatic carbocycles. The standard InChI is InChI=1S/C13H22N2O3/c1-12(6-9(7-12)10(16)17)11(18)14-8-13(2)4-3-5-15-13/h9,15H,3-8H2,1-2H3,(H,14,18)(H,16,17). The number of rotatable bonds is 4. The van der Waals surface area contributed by atoms with Gasteiger partial charge in [0.2, 0.25) is 5.91 Å². The zero-order valence-electron chi connectivity index (χ0n) is 11.1. The number of carbonyl (C=O) groups is 2. The minimum Gasteiger partial charge on any atom is -0.481 e. The number of hydrogen-bond donors (Lipinski definition) is 3. The Labute approximate surface area is 107 Å². The predicted molar refractivity (Wildman–Crippen MR) is 67.1 cm³/mol. The van der Waals surface area contributed by atoms with Crippen molar-refractivity contribution in [3.63, 3.8) is 0 Å². The van der Waals surface area contributed by atoms with Gasteiger partial charge in [-0.2, -0.15) is 0 Å². The summed E-state index contributed by atoms with van der Waals surface area (Å²) in [4.78, 5) is 22.9. The highest BCUT2D eigenvalue weighted by molar-refractivity contribution is 5.86. The van der Waals surface area contributed by atoms with Gasteiger partial charge in [-0.25, -0.2) is 0 Å². The van der Waals surface area contributed by atoms with Crippen LogP contribution < -0.4 is 10.6 Å². The first-order chi connectivity index (χ1) is 8.35. The van der Waals surface area contributed by atoms with E-state index in [1.165, 1.54) is 0 Å². The molecule has 1 saturated carbocycles. The molecule has 5 heteroatoms. The quantitative estimate of drug-likeness (QED) is 0.691. The Kier molecular flexibility index (Phi) is 3.36. The minimum atomic E-state index is -0.787. The Balaban J connectivity index is 1.80. The maximum absolute atomic E-state index is 12.1. The molecule has 2 fully saturated rings. The third-order valence-corrected chi connectivity index (χ3v) is 4.39. The first-order valence-corrected chi connectivity index (χ1v) is 6.61. The summed E-state index contributed by atoms with van der Waals surface area (Å²) in [6.07, 6.45) is 3.13. The van der Waals surface area contributed by atoms with E-state index >= 15 is 0 Å². The molecule has 102 valence electrons. The van der Waals surface area contributed by atoms with Gasteiger partial charge in [0.25, 0.3) is 0 Å². The fraction of sp³-hybridized carbons (Fsp3) is 0.846. The van der Waals surface area contributed by atoms with Crippen molar-refractivity contribution in [2.75, 3.05) is 13.1 Å². The lowest BCUT2D eigenvalue weighted by atomic mass is 9.62. The van der Waals surface area contributed by atoms with Gasteiger partial charge in [-0.3, -0.25) is 9.59 Å². The number of carbonyl (C=O) groups excluding carboxylic acids is 1. The fourth-order valence-corrected chi connectivity index (χ4v) is 2.98. The van der Waals surface area contributed by atoms with Crippen molar-refractivity contribution in [3.8, 4) is 0 Å². The molecule has 1 aliphatic heterocycles. The monoisotopic (exact) mass is 254 g/mol. The van der Waals surface area contributed by atoms with Crippen LogP contribution in [0.4, 0.5) is 0 Å². The van der Waals surface area contributed by atoms with Gasteiger partial charge in [-0.05, 0) is 39.2 Å². The summed E-state index contributed by atoms with van der Waals surface area (Å²) in [6.45, 7) is 5.60. The predicted octanol–water partition coefficient (Wildman–Crippen LogP) is 0.746. The summed E-state index contributed by atoms with van der Waals surface area (Å²) in [7, 11) is 0. The average molecular weight is 254 g/mol. The zero-order chi connectivity index (χ0) is 13.4. The van der Waals surface area contributed by atoms with E-state index in [1.54, 1.807) is 0 Å². The molecular weight excluding hydrogens is 232 g/mol. The summed E-state index contributed by atoms with van der Waals surface area (Å²) >= 11 is 0. The van der Waals surface area contributed by atoms with Crippen molar-refractivity contribution >= 4 is 11.9 Å². The van der Waals surface area contributed by atoms with Crippen LogP contribution in [0.2, 0.25) is 0 Å². The highest BCUT2D eigenvalue weighted by Crippen LogP contribution is 2.45. The van der Waals surface area contributed by atoms with E-state index in [2.05, 4.69) is 17.6 Å². The number of nitrogens with one attached hydrogen (secondary N) is 2.